The van der Waals surface area contributed by atoms with Crippen molar-refractivity contribution >= 4 is 29.3 Å². The Morgan fingerprint density at radius 3 is 2.12 bits per heavy atom. The lowest BCUT2D eigenvalue weighted by molar-refractivity contribution is -0.136. The molecule has 0 spiro atoms. The van der Waals surface area contributed by atoms with E-state index in [1.807, 2.05) is 24.3 Å². The number of hydrogen-bond donors (Lipinski definition) is 3. The zero-order chi connectivity index (χ0) is 36.6. The number of carbonyl (C=O) groups is 4. The number of carbonyl (C=O) groups excluding carboxylic acids is 4. The van der Waals surface area contributed by atoms with E-state index in [1.54, 1.807) is 37.3 Å². The third-order valence-electron chi connectivity index (χ3n) is 10.5. The maximum absolute atomic E-state index is 13.2. The summed E-state index contributed by atoms with van der Waals surface area (Å²) in [5, 5.41) is 23.4. The first-order valence-corrected chi connectivity index (χ1v) is 17.8. The van der Waals surface area contributed by atoms with Crippen LogP contribution >= 0.6 is 0 Å². The summed E-state index contributed by atoms with van der Waals surface area (Å²) in [6, 6.07) is 24.0. The number of fused-ring (bicyclic) bond motifs is 1. The Kier molecular flexibility index (Phi) is 9.50. The molecule has 0 bridgehead atoms. The van der Waals surface area contributed by atoms with Crippen LogP contribution in [-0.2, 0) is 15.0 Å². The number of hydrogen-bond acceptors (Lipinski definition) is 10. The van der Waals surface area contributed by atoms with Crippen LogP contribution in [0.1, 0.15) is 103 Å². The molecule has 4 aromatic rings. The molecule has 2 atom stereocenters. The molecule has 0 radical (unpaired) electrons. The zero-order valence-corrected chi connectivity index (χ0v) is 29.3. The van der Waals surface area contributed by atoms with Gasteiger partial charge in [-0.2, -0.15) is 0 Å². The topological polar surface area (TPSA) is 160 Å². The van der Waals surface area contributed by atoms with Crippen LogP contribution in [0.25, 0.3) is 0 Å². The summed E-state index contributed by atoms with van der Waals surface area (Å²) < 4.78 is 12.2. The Bertz CT molecular complexity index is 1990. The highest BCUT2D eigenvalue weighted by Crippen LogP contribution is 2.41. The minimum absolute atomic E-state index is 0.0339. The molecule has 268 valence electrons. The number of aliphatic hydroxyl groups excluding tert-OH is 1. The molecule has 52 heavy (non-hydrogen) atoms. The molecule has 1 aliphatic carbocycles. The summed E-state index contributed by atoms with van der Waals surface area (Å²) >= 11 is 0. The van der Waals surface area contributed by atoms with Gasteiger partial charge in [0.1, 0.15) is 23.6 Å². The normalized spacial score (nSPS) is 20.5. The number of aromatic nitrogens is 2. The molecule has 12 nitrogen and oxygen atoms in total. The second-order valence-corrected chi connectivity index (χ2v) is 13.7. The van der Waals surface area contributed by atoms with Crippen LogP contribution in [0, 0.1) is 0 Å². The van der Waals surface area contributed by atoms with E-state index < -0.39 is 35.8 Å². The number of piperidine rings is 1. The number of amides is 4. The van der Waals surface area contributed by atoms with E-state index in [9.17, 15) is 24.3 Å². The first-order chi connectivity index (χ1) is 25.1. The van der Waals surface area contributed by atoms with E-state index in [2.05, 4.69) is 58.9 Å². The molecule has 3 heterocycles. The number of benzene rings is 3. The number of rotatable bonds is 12. The molecule has 1 saturated heterocycles. The van der Waals surface area contributed by atoms with Crippen LogP contribution in [0.4, 0.5) is 5.69 Å². The van der Waals surface area contributed by atoms with Crippen LogP contribution in [0.3, 0.4) is 0 Å². The van der Waals surface area contributed by atoms with Gasteiger partial charge in [-0.05, 0) is 85.8 Å². The molecule has 3 aliphatic rings. The summed E-state index contributed by atoms with van der Waals surface area (Å²) in [6.07, 6.45) is 2.90. The Labute approximate surface area is 301 Å². The van der Waals surface area contributed by atoms with Crippen molar-refractivity contribution in [3.05, 3.63) is 107 Å². The molecule has 3 aromatic carbocycles. The highest BCUT2D eigenvalue weighted by atomic mass is 16.5. The lowest BCUT2D eigenvalue weighted by Crippen LogP contribution is -2.54. The standard InChI is InChI=1S/C40H41N5O7/c1-4-40(5-2,25-8-13-29(14-9-25)52-36-19-16-33(23(3)46)43-44-36)24-6-11-28(12-7-24)51-30-20-27(21-30)41-26-10-15-31-32(22-26)39(50)45(38(31)49)34-17-18-35(47)42-37(34)48/h6-16,19,22-23,27,30,34,41,46H,4-5,17-18,20-21H2,1-3H3,(H,42,47,48)/t23-,27?,30?,34?/m1/s1. The highest BCUT2D eigenvalue weighted by molar-refractivity contribution is 6.23. The maximum Gasteiger partial charge on any atom is 0.262 e. The lowest BCUT2D eigenvalue weighted by Gasteiger charge is -2.37. The molecular formula is C40H41N5O7. The van der Waals surface area contributed by atoms with Crippen molar-refractivity contribution in [3.63, 3.8) is 0 Å². The van der Waals surface area contributed by atoms with E-state index in [1.165, 1.54) is 11.1 Å². The molecule has 1 unspecified atom stereocenters. The largest absolute Gasteiger partial charge is 0.490 e. The third kappa shape index (κ3) is 6.61. The highest BCUT2D eigenvalue weighted by Gasteiger charge is 2.45. The van der Waals surface area contributed by atoms with E-state index in [4.69, 9.17) is 9.47 Å². The first-order valence-electron chi connectivity index (χ1n) is 17.8. The second-order valence-electron chi connectivity index (χ2n) is 13.7. The summed E-state index contributed by atoms with van der Waals surface area (Å²) in [5.41, 5.74) is 3.90. The molecule has 4 amide bonds. The molecule has 1 saturated carbocycles. The van der Waals surface area contributed by atoms with E-state index >= 15 is 0 Å². The fraction of sp³-hybridized carbons (Fsp3) is 0.350. The average molecular weight is 704 g/mol. The van der Waals surface area contributed by atoms with Crippen molar-refractivity contribution in [2.75, 3.05) is 5.32 Å². The predicted octanol–water partition coefficient (Wildman–Crippen LogP) is 5.85. The SMILES string of the molecule is CCC(CC)(c1ccc(Oc2ccc([C@@H](C)O)nn2)cc1)c1ccc(OC2CC(Nc3ccc4c(c3)C(=O)N(C3CCC(=O)NC3=O)C4=O)C2)cc1. The maximum atomic E-state index is 13.2. The smallest absolute Gasteiger partial charge is 0.262 e. The van der Waals surface area contributed by atoms with Gasteiger partial charge < -0.3 is 19.9 Å². The summed E-state index contributed by atoms with van der Waals surface area (Å²) in [4.78, 5) is 51.1. The molecule has 2 fully saturated rings. The van der Waals surface area contributed by atoms with Gasteiger partial charge in [0.2, 0.25) is 17.7 Å². The van der Waals surface area contributed by atoms with Crippen LogP contribution in [0.2, 0.25) is 0 Å². The van der Waals surface area contributed by atoms with E-state index in [0.29, 0.717) is 23.0 Å². The van der Waals surface area contributed by atoms with E-state index in [0.717, 1.165) is 36.3 Å². The van der Waals surface area contributed by atoms with Gasteiger partial charge in [0.25, 0.3) is 11.8 Å². The molecule has 3 N–H and O–H groups in total. The lowest BCUT2D eigenvalue weighted by atomic mass is 9.70. The first kappa shape index (κ1) is 34.8. The minimum Gasteiger partial charge on any atom is -0.490 e. The number of aliphatic hydroxyl groups is 1. The van der Waals surface area contributed by atoms with Crippen LogP contribution in [-0.4, -0.2) is 62.0 Å². The summed E-state index contributed by atoms with van der Waals surface area (Å²) in [6.45, 7) is 6.03. The number of ether oxygens (including phenoxy) is 2. The minimum atomic E-state index is -0.990. The van der Waals surface area contributed by atoms with Gasteiger partial charge in [0.05, 0.1) is 22.9 Å². The Morgan fingerprint density at radius 2 is 1.52 bits per heavy atom. The van der Waals surface area contributed by atoms with Crippen LogP contribution in [0.5, 0.6) is 17.4 Å². The van der Waals surface area contributed by atoms with Gasteiger partial charge in [0, 0.05) is 42.5 Å². The molecule has 1 aromatic heterocycles. The third-order valence-corrected chi connectivity index (χ3v) is 10.5. The molecule has 2 aliphatic heterocycles. The van der Waals surface area contributed by atoms with Gasteiger partial charge in [-0.25, -0.2) is 0 Å². The number of anilines is 1. The van der Waals surface area contributed by atoms with Gasteiger partial charge in [-0.15, -0.1) is 10.2 Å². The Morgan fingerprint density at radius 1 is 0.865 bits per heavy atom. The Balaban J connectivity index is 0.940. The van der Waals surface area contributed by atoms with Crippen molar-refractivity contribution in [3.8, 4) is 17.4 Å². The van der Waals surface area contributed by atoms with Gasteiger partial charge >= 0.3 is 0 Å². The fourth-order valence-corrected chi connectivity index (χ4v) is 7.42. The van der Waals surface area contributed by atoms with Crippen LogP contribution < -0.4 is 20.1 Å². The van der Waals surface area contributed by atoms with Gasteiger partial charge in [0.15, 0.2) is 0 Å². The zero-order valence-electron chi connectivity index (χ0n) is 29.3. The molecular weight excluding hydrogens is 662 g/mol. The average Bonchev–Trinajstić information content (AvgIpc) is 3.37. The quantitative estimate of drug-likeness (QED) is 0.153. The Hall–Kier alpha value is -5.62. The summed E-state index contributed by atoms with van der Waals surface area (Å²) in [7, 11) is 0. The van der Waals surface area contributed by atoms with Crippen molar-refractivity contribution in [2.45, 2.75) is 89.0 Å². The summed E-state index contributed by atoms with van der Waals surface area (Å²) in [5.74, 6) is -0.262. The van der Waals surface area contributed by atoms with E-state index in [-0.39, 0.29) is 41.5 Å². The monoisotopic (exact) mass is 703 g/mol. The predicted molar refractivity (Wildman–Crippen MR) is 191 cm³/mol. The van der Waals surface area contributed by atoms with Crippen molar-refractivity contribution in [1.82, 2.24) is 20.4 Å². The number of nitrogens with one attached hydrogen (secondary N) is 2. The van der Waals surface area contributed by atoms with Gasteiger partial charge in [-0.1, -0.05) is 38.1 Å². The van der Waals surface area contributed by atoms with Gasteiger partial charge in [-0.3, -0.25) is 29.4 Å². The molecule has 7 rings (SSSR count). The molecule has 12 heteroatoms. The second kappa shape index (κ2) is 14.2. The van der Waals surface area contributed by atoms with Crippen molar-refractivity contribution < 1.29 is 33.8 Å². The number of imide groups is 2. The van der Waals surface area contributed by atoms with Crippen molar-refractivity contribution in [1.29, 1.82) is 0 Å². The van der Waals surface area contributed by atoms with Crippen molar-refractivity contribution in [2.24, 2.45) is 0 Å². The fourth-order valence-electron chi connectivity index (χ4n) is 7.42. The van der Waals surface area contributed by atoms with Crippen LogP contribution in [0.15, 0.2) is 78.9 Å². The number of nitrogens with zero attached hydrogens (tertiary/aromatic N) is 3.